The van der Waals surface area contributed by atoms with E-state index in [1.807, 2.05) is 0 Å². The highest BCUT2D eigenvalue weighted by molar-refractivity contribution is 6.30. The number of halogens is 2. The predicted molar refractivity (Wildman–Crippen MR) is 118 cm³/mol. The van der Waals surface area contributed by atoms with E-state index >= 15 is 0 Å². The molecule has 6 nitrogen and oxygen atoms in total. The topological polar surface area (TPSA) is 79.8 Å². The van der Waals surface area contributed by atoms with Gasteiger partial charge in [-0.25, -0.2) is 9.82 Å². The lowest BCUT2D eigenvalue weighted by Crippen LogP contribution is -2.21. The summed E-state index contributed by atoms with van der Waals surface area (Å²) in [5, 5.41) is 7.37. The van der Waals surface area contributed by atoms with Crippen LogP contribution in [0, 0.1) is 5.82 Å². The van der Waals surface area contributed by atoms with Crippen LogP contribution >= 0.6 is 11.6 Å². The Morgan fingerprint density at radius 1 is 1.00 bits per heavy atom. The van der Waals surface area contributed by atoms with Crippen molar-refractivity contribution in [1.82, 2.24) is 5.43 Å². The molecule has 0 radical (unpaired) electrons. The Morgan fingerprint density at radius 3 is 2.45 bits per heavy atom. The van der Waals surface area contributed by atoms with Crippen molar-refractivity contribution in [2.45, 2.75) is 6.92 Å². The molecule has 0 saturated heterocycles. The van der Waals surface area contributed by atoms with Gasteiger partial charge >= 0.3 is 0 Å². The van der Waals surface area contributed by atoms with Gasteiger partial charge in [0.15, 0.2) is 6.61 Å². The van der Waals surface area contributed by atoms with E-state index in [0.717, 1.165) is 6.07 Å². The van der Waals surface area contributed by atoms with Crippen molar-refractivity contribution >= 4 is 34.8 Å². The fraction of sp³-hybridized carbons (Fsp3) is 0.0870. The molecule has 0 aliphatic heterocycles. The Hall–Kier alpha value is -3.71. The number of benzene rings is 3. The van der Waals surface area contributed by atoms with Crippen molar-refractivity contribution in [3.05, 3.63) is 94.8 Å². The molecule has 0 aliphatic rings. The first-order valence-electron chi connectivity index (χ1n) is 9.29. The first-order valence-corrected chi connectivity index (χ1v) is 9.67. The summed E-state index contributed by atoms with van der Waals surface area (Å²) in [5.74, 6) is -0.828. The number of ether oxygens (including phenoxy) is 1. The molecule has 3 aromatic carbocycles. The van der Waals surface area contributed by atoms with Gasteiger partial charge in [0.1, 0.15) is 11.6 Å². The standard InChI is InChI=1S/C23H19ClFN3O3/c1-15(27-28-23(30)17-5-2-6-19(25)12-17)16-4-3-7-20(13-16)26-22(29)14-31-21-10-8-18(24)9-11-21/h2-13H,14H2,1H3,(H,26,29)(H,28,30)/b27-15-. The number of carbonyl (C=O) groups is 2. The maximum Gasteiger partial charge on any atom is 0.271 e. The molecule has 8 heteroatoms. The van der Waals surface area contributed by atoms with Crippen LogP contribution in [0.5, 0.6) is 5.75 Å². The molecule has 0 saturated carbocycles. The van der Waals surface area contributed by atoms with Gasteiger partial charge in [-0.3, -0.25) is 9.59 Å². The van der Waals surface area contributed by atoms with Gasteiger partial charge in [0, 0.05) is 16.3 Å². The van der Waals surface area contributed by atoms with Crippen LogP contribution in [0.25, 0.3) is 0 Å². The Kier molecular flexibility index (Phi) is 7.35. The van der Waals surface area contributed by atoms with Crippen molar-refractivity contribution in [3.63, 3.8) is 0 Å². The fourth-order valence-electron chi connectivity index (χ4n) is 2.59. The second kappa shape index (κ2) is 10.4. The summed E-state index contributed by atoms with van der Waals surface area (Å²) in [6, 6.07) is 19.0. The third-order valence-corrected chi connectivity index (χ3v) is 4.41. The summed E-state index contributed by atoms with van der Waals surface area (Å²) in [6.07, 6.45) is 0. The number of carbonyl (C=O) groups excluding carboxylic acids is 2. The van der Waals surface area contributed by atoms with Gasteiger partial charge in [-0.1, -0.05) is 29.8 Å². The van der Waals surface area contributed by atoms with Crippen molar-refractivity contribution in [2.24, 2.45) is 5.10 Å². The number of nitrogens with one attached hydrogen (secondary N) is 2. The van der Waals surface area contributed by atoms with E-state index in [0.29, 0.717) is 27.7 Å². The lowest BCUT2D eigenvalue weighted by atomic mass is 10.1. The number of nitrogens with zero attached hydrogens (tertiary/aromatic N) is 1. The zero-order chi connectivity index (χ0) is 22.2. The van der Waals surface area contributed by atoms with Crippen molar-refractivity contribution in [2.75, 3.05) is 11.9 Å². The van der Waals surface area contributed by atoms with E-state index in [1.165, 1.54) is 18.2 Å². The fourth-order valence-corrected chi connectivity index (χ4v) is 2.72. The largest absolute Gasteiger partial charge is 0.484 e. The number of rotatable bonds is 7. The summed E-state index contributed by atoms with van der Waals surface area (Å²) in [4.78, 5) is 24.2. The number of anilines is 1. The molecular weight excluding hydrogens is 421 g/mol. The molecule has 3 aromatic rings. The Labute approximate surface area is 183 Å². The van der Waals surface area contributed by atoms with Crippen molar-refractivity contribution in [3.8, 4) is 5.75 Å². The molecule has 2 N–H and O–H groups in total. The Morgan fingerprint density at radius 2 is 1.71 bits per heavy atom. The zero-order valence-corrected chi connectivity index (χ0v) is 17.3. The van der Waals surface area contributed by atoms with Gasteiger partial charge in [0.2, 0.25) is 0 Å². The van der Waals surface area contributed by atoms with Crippen LogP contribution in [0.4, 0.5) is 10.1 Å². The molecule has 0 heterocycles. The zero-order valence-electron chi connectivity index (χ0n) is 16.6. The SMILES string of the molecule is C/C(=N/NC(=O)c1cccc(F)c1)c1cccc(NC(=O)COc2ccc(Cl)cc2)c1. The summed E-state index contributed by atoms with van der Waals surface area (Å²) < 4.78 is 18.7. The summed E-state index contributed by atoms with van der Waals surface area (Å²) in [5.41, 5.74) is 4.31. The van der Waals surface area contributed by atoms with Gasteiger partial charge in [-0.15, -0.1) is 0 Å². The number of amides is 2. The minimum atomic E-state index is -0.525. The molecule has 3 rings (SSSR count). The van der Waals surface area contributed by atoms with Crippen LogP contribution < -0.4 is 15.5 Å². The van der Waals surface area contributed by atoms with Crippen LogP contribution in [0.3, 0.4) is 0 Å². The first-order chi connectivity index (χ1) is 14.9. The van der Waals surface area contributed by atoms with Gasteiger partial charge in [0.25, 0.3) is 11.8 Å². The van der Waals surface area contributed by atoms with Gasteiger partial charge in [0.05, 0.1) is 5.71 Å². The van der Waals surface area contributed by atoms with Crippen LogP contribution in [0.1, 0.15) is 22.8 Å². The van der Waals surface area contributed by atoms with E-state index in [4.69, 9.17) is 16.3 Å². The predicted octanol–water partition coefficient (Wildman–Crippen LogP) is 4.65. The molecular formula is C23H19ClFN3O3. The second-order valence-electron chi connectivity index (χ2n) is 6.52. The molecule has 0 unspecified atom stereocenters. The lowest BCUT2D eigenvalue weighted by Gasteiger charge is -2.09. The van der Waals surface area contributed by atoms with E-state index in [-0.39, 0.29) is 18.1 Å². The molecule has 0 fully saturated rings. The van der Waals surface area contributed by atoms with Crippen molar-refractivity contribution < 1.29 is 18.7 Å². The minimum Gasteiger partial charge on any atom is -0.484 e. The Balaban J connectivity index is 1.58. The smallest absolute Gasteiger partial charge is 0.271 e. The quantitative estimate of drug-likeness (QED) is 0.415. The molecule has 0 aromatic heterocycles. The van der Waals surface area contributed by atoms with Crippen LogP contribution in [0.15, 0.2) is 77.9 Å². The van der Waals surface area contributed by atoms with E-state index in [2.05, 4.69) is 15.8 Å². The van der Waals surface area contributed by atoms with E-state index < -0.39 is 11.7 Å². The minimum absolute atomic E-state index is 0.164. The van der Waals surface area contributed by atoms with Gasteiger partial charge < -0.3 is 10.1 Å². The molecule has 2 amide bonds. The molecule has 158 valence electrons. The highest BCUT2D eigenvalue weighted by Crippen LogP contribution is 2.16. The first kappa shape index (κ1) is 22.0. The monoisotopic (exact) mass is 439 g/mol. The number of hydrogen-bond acceptors (Lipinski definition) is 4. The summed E-state index contributed by atoms with van der Waals surface area (Å²) in [7, 11) is 0. The normalized spacial score (nSPS) is 11.0. The van der Waals surface area contributed by atoms with E-state index in [1.54, 1.807) is 55.5 Å². The molecule has 0 spiro atoms. The summed E-state index contributed by atoms with van der Waals surface area (Å²) in [6.45, 7) is 1.54. The highest BCUT2D eigenvalue weighted by atomic mass is 35.5. The summed E-state index contributed by atoms with van der Waals surface area (Å²) >= 11 is 5.82. The van der Waals surface area contributed by atoms with Crippen LogP contribution in [0.2, 0.25) is 5.02 Å². The van der Waals surface area contributed by atoms with Gasteiger partial charge in [-0.2, -0.15) is 5.10 Å². The molecule has 0 aliphatic carbocycles. The van der Waals surface area contributed by atoms with Gasteiger partial charge in [-0.05, 0) is 67.1 Å². The van der Waals surface area contributed by atoms with Crippen LogP contribution in [-0.4, -0.2) is 24.1 Å². The maximum atomic E-state index is 13.2. The average Bonchev–Trinajstić information content (AvgIpc) is 2.77. The third-order valence-electron chi connectivity index (χ3n) is 4.16. The Bertz CT molecular complexity index is 1120. The second-order valence-corrected chi connectivity index (χ2v) is 6.96. The maximum absolute atomic E-state index is 13.2. The van der Waals surface area contributed by atoms with E-state index in [9.17, 15) is 14.0 Å². The third kappa shape index (κ3) is 6.65. The van der Waals surface area contributed by atoms with Crippen molar-refractivity contribution in [1.29, 1.82) is 0 Å². The number of hydrogen-bond donors (Lipinski definition) is 2. The highest BCUT2D eigenvalue weighted by Gasteiger charge is 2.08. The lowest BCUT2D eigenvalue weighted by molar-refractivity contribution is -0.118. The molecule has 0 bridgehead atoms. The average molecular weight is 440 g/mol. The van der Waals surface area contributed by atoms with Crippen LogP contribution in [-0.2, 0) is 4.79 Å². The molecule has 0 atom stereocenters. The number of hydrazone groups is 1. The molecule has 31 heavy (non-hydrogen) atoms.